The van der Waals surface area contributed by atoms with Crippen molar-refractivity contribution in [2.75, 3.05) is 5.32 Å². The highest BCUT2D eigenvalue weighted by atomic mass is 32.1. The molecule has 0 atom stereocenters. The molecule has 116 valence electrons. The van der Waals surface area contributed by atoms with Gasteiger partial charge in [-0.05, 0) is 29.8 Å². The molecule has 0 bridgehead atoms. The number of nitriles is 1. The minimum Gasteiger partial charge on any atom is -0.322 e. The van der Waals surface area contributed by atoms with E-state index in [0.717, 1.165) is 21.3 Å². The van der Waals surface area contributed by atoms with Gasteiger partial charge in [0.15, 0.2) is 5.82 Å². The van der Waals surface area contributed by atoms with Gasteiger partial charge in [0.25, 0.3) is 0 Å². The quantitative estimate of drug-likeness (QED) is 0.619. The van der Waals surface area contributed by atoms with E-state index in [0.29, 0.717) is 17.2 Å². The summed E-state index contributed by atoms with van der Waals surface area (Å²) in [6.45, 7) is 0. The van der Waals surface area contributed by atoms with Crippen LogP contribution < -0.4 is 5.32 Å². The van der Waals surface area contributed by atoms with E-state index in [9.17, 15) is 5.26 Å². The highest BCUT2D eigenvalue weighted by Gasteiger charge is 2.11. The van der Waals surface area contributed by atoms with Gasteiger partial charge in [-0.1, -0.05) is 0 Å². The maximum absolute atomic E-state index is 9.17. The second kappa shape index (κ2) is 5.76. The van der Waals surface area contributed by atoms with Gasteiger partial charge >= 0.3 is 0 Å². The van der Waals surface area contributed by atoms with Crippen molar-refractivity contribution in [1.29, 1.82) is 5.26 Å². The van der Waals surface area contributed by atoms with Crippen molar-refractivity contribution in [1.82, 2.24) is 19.7 Å². The smallest absolute Gasteiger partial charge is 0.171 e. The van der Waals surface area contributed by atoms with Crippen LogP contribution in [0, 0.1) is 11.3 Å². The molecule has 24 heavy (non-hydrogen) atoms. The Kier molecular flexibility index (Phi) is 3.44. The number of fused-ring (bicyclic) bond motifs is 1. The van der Waals surface area contributed by atoms with Crippen LogP contribution in [0.25, 0.3) is 21.3 Å². The van der Waals surface area contributed by atoms with Crippen LogP contribution in [0.3, 0.4) is 0 Å². The first-order valence-corrected chi connectivity index (χ1v) is 8.12. The molecule has 1 N–H and O–H groups in total. The standard InChI is InChI=1S/C17H12N6S/c1-23-9-12(8-18)17(22-23)21-15-3-2-14-16(20-15)13(10-24-14)11-4-6-19-7-5-11/h2-7,9-10H,1H3,(H,20,21,22). The minimum atomic E-state index is 0.485. The third-order valence-corrected chi connectivity index (χ3v) is 4.54. The molecule has 0 fully saturated rings. The lowest BCUT2D eigenvalue weighted by atomic mass is 10.1. The second-order valence-corrected chi connectivity index (χ2v) is 6.14. The van der Waals surface area contributed by atoms with Gasteiger partial charge in [-0.25, -0.2) is 4.98 Å². The number of pyridine rings is 2. The molecule has 0 aliphatic heterocycles. The van der Waals surface area contributed by atoms with Crippen molar-refractivity contribution in [3.63, 3.8) is 0 Å². The van der Waals surface area contributed by atoms with Crippen LogP contribution in [0.5, 0.6) is 0 Å². The van der Waals surface area contributed by atoms with E-state index in [1.165, 1.54) is 0 Å². The average molecular weight is 332 g/mol. The van der Waals surface area contributed by atoms with Gasteiger partial charge in [-0.2, -0.15) is 10.4 Å². The average Bonchev–Trinajstić information content (AvgIpc) is 3.18. The number of thiophene rings is 1. The molecule has 4 aromatic rings. The highest BCUT2D eigenvalue weighted by molar-refractivity contribution is 7.17. The summed E-state index contributed by atoms with van der Waals surface area (Å²) in [7, 11) is 1.78. The van der Waals surface area contributed by atoms with Crippen molar-refractivity contribution in [3.05, 3.63) is 53.8 Å². The fourth-order valence-corrected chi connectivity index (χ4v) is 3.41. The van der Waals surface area contributed by atoms with E-state index in [1.54, 1.807) is 41.7 Å². The van der Waals surface area contributed by atoms with Crippen LogP contribution in [0.2, 0.25) is 0 Å². The number of hydrogen-bond donors (Lipinski definition) is 1. The molecule has 0 spiro atoms. The summed E-state index contributed by atoms with van der Waals surface area (Å²) < 4.78 is 2.71. The van der Waals surface area contributed by atoms with Crippen LogP contribution in [0.1, 0.15) is 5.56 Å². The highest BCUT2D eigenvalue weighted by Crippen LogP contribution is 2.33. The molecule has 0 saturated heterocycles. The zero-order valence-electron chi connectivity index (χ0n) is 12.8. The van der Waals surface area contributed by atoms with Gasteiger partial charge in [0.2, 0.25) is 0 Å². The molecule has 4 aromatic heterocycles. The summed E-state index contributed by atoms with van der Waals surface area (Å²) in [5.41, 5.74) is 3.56. The predicted octanol–water partition coefficient (Wildman–Crippen LogP) is 3.71. The first-order valence-electron chi connectivity index (χ1n) is 7.24. The normalized spacial score (nSPS) is 10.7. The third-order valence-electron chi connectivity index (χ3n) is 3.60. The summed E-state index contributed by atoms with van der Waals surface area (Å²) in [4.78, 5) is 8.77. The van der Waals surface area contributed by atoms with Crippen LogP contribution in [0.15, 0.2) is 48.2 Å². The molecule has 0 aromatic carbocycles. The predicted molar refractivity (Wildman–Crippen MR) is 94.1 cm³/mol. The number of rotatable bonds is 3. The Labute approximate surface area is 142 Å². The number of hydrogen-bond acceptors (Lipinski definition) is 6. The first-order chi connectivity index (χ1) is 11.7. The number of aromatic nitrogens is 4. The van der Waals surface area contributed by atoms with Crippen LogP contribution in [0.4, 0.5) is 11.6 Å². The number of nitrogens with zero attached hydrogens (tertiary/aromatic N) is 5. The summed E-state index contributed by atoms with van der Waals surface area (Å²) in [6.07, 6.45) is 5.22. The summed E-state index contributed by atoms with van der Waals surface area (Å²) in [6, 6.07) is 9.98. The molecule has 0 saturated carbocycles. The lowest BCUT2D eigenvalue weighted by molar-refractivity contribution is 0.771. The maximum atomic E-state index is 9.17. The van der Waals surface area contributed by atoms with E-state index < -0.39 is 0 Å². The maximum Gasteiger partial charge on any atom is 0.171 e. The number of anilines is 2. The van der Waals surface area contributed by atoms with Crippen molar-refractivity contribution in [3.8, 4) is 17.2 Å². The number of aryl methyl sites for hydroxylation is 1. The molecule has 0 unspecified atom stereocenters. The van der Waals surface area contributed by atoms with Crippen molar-refractivity contribution >= 4 is 33.2 Å². The Morgan fingerprint density at radius 3 is 2.83 bits per heavy atom. The van der Waals surface area contributed by atoms with Crippen molar-refractivity contribution in [2.24, 2.45) is 7.05 Å². The van der Waals surface area contributed by atoms with Crippen LogP contribution in [-0.4, -0.2) is 19.7 Å². The molecule has 0 amide bonds. The van der Waals surface area contributed by atoms with Gasteiger partial charge in [-0.3, -0.25) is 9.67 Å². The summed E-state index contributed by atoms with van der Waals surface area (Å²) >= 11 is 1.65. The largest absolute Gasteiger partial charge is 0.322 e. The lowest BCUT2D eigenvalue weighted by Gasteiger charge is -2.04. The molecule has 0 radical (unpaired) electrons. The Morgan fingerprint density at radius 1 is 1.21 bits per heavy atom. The Bertz CT molecular complexity index is 1060. The SMILES string of the molecule is Cn1cc(C#N)c(Nc2ccc3scc(-c4ccncc4)c3n2)n1. The minimum absolute atomic E-state index is 0.485. The van der Waals surface area contributed by atoms with Gasteiger partial charge in [-0.15, -0.1) is 11.3 Å². The van der Waals surface area contributed by atoms with E-state index in [2.05, 4.69) is 26.8 Å². The zero-order valence-corrected chi connectivity index (χ0v) is 13.6. The fraction of sp³-hybridized carbons (Fsp3) is 0.0588. The monoisotopic (exact) mass is 332 g/mol. The Hall–Kier alpha value is -3.24. The fourth-order valence-electron chi connectivity index (χ4n) is 2.50. The number of nitrogens with one attached hydrogen (secondary N) is 1. The molecule has 7 heteroatoms. The summed E-state index contributed by atoms with van der Waals surface area (Å²) in [5.74, 6) is 1.17. The first kappa shape index (κ1) is 14.4. The Balaban J connectivity index is 1.77. The van der Waals surface area contributed by atoms with Crippen LogP contribution in [-0.2, 0) is 7.05 Å². The van der Waals surface area contributed by atoms with E-state index in [4.69, 9.17) is 4.98 Å². The van der Waals surface area contributed by atoms with Gasteiger partial charge in [0.05, 0.1) is 10.2 Å². The topological polar surface area (TPSA) is 79.4 Å². The molecule has 0 aliphatic carbocycles. The van der Waals surface area contributed by atoms with Crippen molar-refractivity contribution in [2.45, 2.75) is 0 Å². The van der Waals surface area contributed by atoms with Gasteiger partial charge in [0, 0.05) is 36.6 Å². The Morgan fingerprint density at radius 2 is 2.04 bits per heavy atom. The molecule has 0 aliphatic rings. The van der Waals surface area contributed by atoms with E-state index >= 15 is 0 Å². The lowest BCUT2D eigenvalue weighted by Crippen LogP contribution is -1.97. The zero-order chi connectivity index (χ0) is 16.5. The third kappa shape index (κ3) is 2.49. The molecule has 4 rings (SSSR count). The molecular weight excluding hydrogens is 320 g/mol. The molecule has 4 heterocycles. The van der Waals surface area contributed by atoms with E-state index in [-0.39, 0.29) is 0 Å². The molecular formula is C17H12N6S. The summed E-state index contributed by atoms with van der Waals surface area (Å²) in [5, 5.41) is 18.7. The van der Waals surface area contributed by atoms with Gasteiger partial charge in [0.1, 0.15) is 17.5 Å². The molecule has 6 nitrogen and oxygen atoms in total. The van der Waals surface area contributed by atoms with Crippen molar-refractivity contribution < 1.29 is 0 Å². The van der Waals surface area contributed by atoms with E-state index in [1.807, 2.05) is 24.3 Å². The van der Waals surface area contributed by atoms with Gasteiger partial charge < -0.3 is 5.32 Å². The second-order valence-electron chi connectivity index (χ2n) is 5.23. The van der Waals surface area contributed by atoms with Crippen LogP contribution >= 0.6 is 11.3 Å².